The third-order valence-electron chi connectivity index (χ3n) is 5.11. The number of hydrogen-bond acceptors (Lipinski definition) is 4. The fourth-order valence-electron chi connectivity index (χ4n) is 3.67. The first-order valence-electron chi connectivity index (χ1n) is 8.24. The lowest BCUT2D eigenvalue weighted by molar-refractivity contribution is 0.0696. The van der Waals surface area contributed by atoms with Gasteiger partial charge in [-0.15, -0.1) is 0 Å². The maximum atomic E-state index is 13.6. The summed E-state index contributed by atoms with van der Waals surface area (Å²) in [6, 6.07) is 15.4. The van der Waals surface area contributed by atoms with Gasteiger partial charge < -0.3 is 9.67 Å². The molecular formula is C21H11O5P. The van der Waals surface area contributed by atoms with Crippen molar-refractivity contribution in [2.75, 3.05) is 0 Å². The van der Waals surface area contributed by atoms with Crippen molar-refractivity contribution in [1.29, 1.82) is 0 Å². The lowest BCUT2D eigenvalue weighted by Crippen LogP contribution is -2.15. The standard InChI is InChI=1S/C21H11O5P/c22-17(11-1-3-13(4-2-11)21(24)25)15-9-10-16-18(23)12-5-7-14(8-6-12)27(26)19(15)20(16)27/h1-10H,(H,24,25). The molecule has 3 aliphatic heterocycles. The summed E-state index contributed by atoms with van der Waals surface area (Å²) in [4.78, 5) is 36.6. The van der Waals surface area contributed by atoms with E-state index in [2.05, 4.69) is 0 Å². The lowest BCUT2D eigenvalue weighted by Gasteiger charge is -2.07. The number of aromatic carboxylic acids is 1. The van der Waals surface area contributed by atoms with Crippen LogP contribution < -0.4 is 15.9 Å². The maximum absolute atomic E-state index is 13.6. The Hall–Kier alpha value is -3.30. The van der Waals surface area contributed by atoms with Gasteiger partial charge in [0.1, 0.15) is 0 Å². The van der Waals surface area contributed by atoms with E-state index in [1.165, 1.54) is 24.3 Å². The van der Waals surface area contributed by atoms with Crippen LogP contribution in [0.15, 0.2) is 60.7 Å². The molecule has 27 heavy (non-hydrogen) atoms. The van der Waals surface area contributed by atoms with Gasteiger partial charge in [-0.3, -0.25) is 9.59 Å². The highest BCUT2D eigenvalue weighted by molar-refractivity contribution is 7.95. The van der Waals surface area contributed by atoms with E-state index in [0.717, 1.165) is 0 Å². The molecule has 0 aliphatic carbocycles. The summed E-state index contributed by atoms with van der Waals surface area (Å²) in [6.45, 7) is 0. The first-order chi connectivity index (χ1) is 12.9. The van der Waals surface area contributed by atoms with E-state index in [1.54, 1.807) is 36.4 Å². The molecule has 3 aliphatic rings. The molecule has 3 aromatic carbocycles. The second-order valence-corrected chi connectivity index (χ2v) is 9.18. The molecule has 130 valence electrons. The summed E-state index contributed by atoms with van der Waals surface area (Å²) < 4.78 is 13.6. The quantitative estimate of drug-likeness (QED) is 0.386. The molecule has 0 saturated carbocycles. The number of ketones is 2. The summed E-state index contributed by atoms with van der Waals surface area (Å²) >= 11 is 0. The zero-order valence-corrected chi connectivity index (χ0v) is 14.7. The third kappa shape index (κ3) is 2.00. The van der Waals surface area contributed by atoms with Crippen LogP contribution in [0.1, 0.15) is 42.2 Å². The van der Waals surface area contributed by atoms with Gasteiger partial charge in [-0.25, -0.2) is 4.79 Å². The van der Waals surface area contributed by atoms with Crippen molar-refractivity contribution >= 4 is 40.6 Å². The molecule has 3 heterocycles. The summed E-state index contributed by atoms with van der Waals surface area (Å²) in [5.74, 6) is -1.61. The Morgan fingerprint density at radius 1 is 0.778 bits per heavy atom. The topological polar surface area (TPSA) is 88.5 Å². The van der Waals surface area contributed by atoms with Crippen LogP contribution in [-0.2, 0) is 4.57 Å². The van der Waals surface area contributed by atoms with Crippen molar-refractivity contribution in [3.8, 4) is 0 Å². The molecule has 1 atom stereocenters. The number of rotatable bonds is 3. The molecule has 6 heteroatoms. The summed E-state index contributed by atoms with van der Waals surface area (Å²) in [5.41, 5.74) is 1.62. The van der Waals surface area contributed by atoms with Gasteiger partial charge in [0.15, 0.2) is 18.7 Å². The van der Waals surface area contributed by atoms with Crippen molar-refractivity contribution in [2.24, 2.45) is 0 Å². The number of carboxylic acids is 1. The largest absolute Gasteiger partial charge is 0.478 e. The Bertz CT molecular complexity index is 1240. The Morgan fingerprint density at radius 2 is 1.41 bits per heavy atom. The van der Waals surface area contributed by atoms with Crippen LogP contribution in [0.3, 0.4) is 0 Å². The molecule has 6 rings (SSSR count). The third-order valence-corrected chi connectivity index (χ3v) is 8.10. The second kappa shape index (κ2) is 5.12. The van der Waals surface area contributed by atoms with Crippen molar-refractivity contribution < 1.29 is 24.1 Å². The van der Waals surface area contributed by atoms with Crippen LogP contribution in [0.4, 0.5) is 0 Å². The van der Waals surface area contributed by atoms with Gasteiger partial charge in [-0.2, -0.15) is 0 Å². The normalized spacial score (nSPS) is 18.4. The van der Waals surface area contributed by atoms with E-state index < -0.39 is 13.1 Å². The number of carbonyl (C=O) groups is 3. The highest BCUT2D eigenvalue weighted by Gasteiger charge is 2.54. The summed E-state index contributed by atoms with van der Waals surface area (Å²) in [5, 5.41) is 10.6. The minimum atomic E-state index is -3.07. The molecule has 0 amide bonds. The van der Waals surface area contributed by atoms with Crippen LogP contribution in [0.25, 0.3) is 0 Å². The molecule has 1 unspecified atom stereocenters. The molecule has 0 radical (unpaired) electrons. The number of benzene rings is 3. The molecule has 1 N–H and O–H groups in total. The van der Waals surface area contributed by atoms with Gasteiger partial charge in [0.2, 0.25) is 0 Å². The molecule has 5 nitrogen and oxygen atoms in total. The second-order valence-electron chi connectivity index (χ2n) is 6.55. The van der Waals surface area contributed by atoms with Crippen LogP contribution in [0, 0.1) is 0 Å². The number of fused-ring (bicyclic) bond motifs is 2. The van der Waals surface area contributed by atoms with Gasteiger partial charge in [-0.1, -0.05) is 36.4 Å². The van der Waals surface area contributed by atoms with Crippen molar-refractivity contribution in [3.05, 3.63) is 88.5 Å². The van der Waals surface area contributed by atoms with E-state index in [4.69, 9.17) is 5.11 Å². The minimum absolute atomic E-state index is 0.0831. The number of hydrogen-bond donors (Lipinski definition) is 1. The highest BCUT2D eigenvalue weighted by Crippen LogP contribution is 2.56. The molecule has 0 fully saturated rings. The Kier molecular flexibility index (Phi) is 3.02. The van der Waals surface area contributed by atoms with Crippen LogP contribution in [0.5, 0.6) is 0 Å². The summed E-state index contributed by atoms with van der Waals surface area (Å²) in [6.07, 6.45) is 0. The molecule has 3 aromatic rings. The van der Waals surface area contributed by atoms with Gasteiger partial charge in [-0.05, 0) is 24.3 Å². The average Bonchev–Trinajstić information content (AvgIpc) is 3.32. The number of carbonyl (C=O) groups excluding carboxylic acids is 2. The monoisotopic (exact) mass is 374 g/mol. The molecule has 2 bridgehead atoms. The van der Waals surface area contributed by atoms with E-state index in [-0.39, 0.29) is 17.1 Å². The SMILES string of the molecule is O=C(O)c1ccc(C(=O)c2ccc3c4c2P4(=O)c2ccc(cc2)C3=O)cc1. The minimum Gasteiger partial charge on any atom is -0.478 e. The Labute approximate surface area is 153 Å². The predicted octanol–water partition coefficient (Wildman–Crippen LogP) is 2.11. The summed E-state index contributed by atoms with van der Waals surface area (Å²) in [7, 11) is -3.07. The molecule has 0 aromatic heterocycles. The Balaban J connectivity index is 1.66. The van der Waals surface area contributed by atoms with Gasteiger partial charge >= 0.3 is 5.97 Å². The lowest BCUT2D eigenvalue weighted by atomic mass is 9.98. The van der Waals surface area contributed by atoms with Crippen molar-refractivity contribution in [3.63, 3.8) is 0 Å². The fraction of sp³-hybridized carbons (Fsp3) is 0. The van der Waals surface area contributed by atoms with Crippen LogP contribution in [-0.4, -0.2) is 22.6 Å². The fourth-order valence-corrected chi connectivity index (χ4v) is 6.76. The molecule has 0 spiro atoms. The van der Waals surface area contributed by atoms with Crippen molar-refractivity contribution in [1.82, 2.24) is 0 Å². The van der Waals surface area contributed by atoms with Crippen molar-refractivity contribution in [2.45, 2.75) is 0 Å². The highest BCUT2D eigenvalue weighted by atomic mass is 31.2. The first-order valence-corrected chi connectivity index (χ1v) is 9.95. The van der Waals surface area contributed by atoms with Gasteiger partial charge in [0.05, 0.1) is 5.56 Å². The van der Waals surface area contributed by atoms with Gasteiger partial charge in [0.25, 0.3) is 0 Å². The Morgan fingerprint density at radius 3 is 2.04 bits per heavy atom. The van der Waals surface area contributed by atoms with Crippen LogP contribution in [0.2, 0.25) is 0 Å². The zero-order chi connectivity index (χ0) is 18.9. The van der Waals surface area contributed by atoms with Gasteiger partial charge in [0, 0.05) is 38.2 Å². The number of carboxylic acid groups (broad SMARTS) is 1. The average molecular weight is 374 g/mol. The van der Waals surface area contributed by atoms with E-state index >= 15 is 0 Å². The first kappa shape index (κ1) is 15.9. The maximum Gasteiger partial charge on any atom is 0.335 e. The smallest absolute Gasteiger partial charge is 0.335 e. The van der Waals surface area contributed by atoms with E-state index in [0.29, 0.717) is 38.2 Å². The van der Waals surface area contributed by atoms with Crippen LogP contribution >= 0.6 is 7.14 Å². The molecule has 0 saturated heterocycles. The van der Waals surface area contributed by atoms with E-state index in [1.807, 2.05) is 0 Å². The van der Waals surface area contributed by atoms with E-state index in [9.17, 15) is 18.9 Å². The molecular weight excluding hydrogens is 363 g/mol. The predicted molar refractivity (Wildman–Crippen MR) is 99.7 cm³/mol. The zero-order valence-electron chi connectivity index (χ0n) is 13.8.